The molecular formula is C22H21N3O4S2. The van der Waals surface area contributed by atoms with Gasteiger partial charge in [0, 0.05) is 24.1 Å². The molecule has 0 spiro atoms. The number of thiocarbonyl (C=S) groups is 1. The van der Waals surface area contributed by atoms with Crippen LogP contribution in [-0.2, 0) is 9.59 Å². The average Bonchev–Trinajstić information content (AvgIpc) is 3.03. The van der Waals surface area contributed by atoms with E-state index in [1.54, 1.807) is 25.3 Å². The summed E-state index contributed by atoms with van der Waals surface area (Å²) in [6.07, 6.45) is 1.71. The van der Waals surface area contributed by atoms with E-state index in [1.165, 1.54) is 16.7 Å². The van der Waals surface area contributed by atoms with Crippen LogP contribution in [0.25, 0.3) is 6.08 Å². The fourth-order valence-corrected chi connectivity index (χ4v) is 4.10. The standard InChI is InChI=1S/C22H21N3O4S2/c1-14-7-9-15(10-8-14)20(27)24-23-19(26)11-12-25-21(28)18(31-22(25)30)13-16-5-3-4-6-17(16)29-2/h3-10,13H,11-12H2,1-2H3,(H,23,26)(H,24,27). The normalized spacial score (nSPS) is 14.6. The molecule has 0 radical (unpaired) electrons. The van der Waals surface area contributed by atoms with E-state index in [-0.39, 0.29) is 18.9 Å². The Kier molecular flexibility index (Phi) is 7.43. The van der Waals surface area contributed by atoms with Crippen LogP contribution in [0, 0.1) is 6.92 Å². The summed E-state index contributed by atoms with van der Waals surface area (Å²) in [5.41, 5.74) is 6.95. The topological polar surface area (TPSA) is 87.7 Å². The molecule has 0 aromatic heterocycles. The van der Waals surface area contributed by atoms with E-state index in [0.29, 0.717) is 20.5 Å². The number of hydrogen-bond donors (Lipinski definition) is 2. The monoisotopic (exact) mass is 455 g/mol. The van der Waals surface area contributed by atoms with Gasteiger partial charge < -0.3 is 4.74 Å². The molecule has 2 aromatic rings. The first-order valence-corrected chi connectivity index (χ1v) is 10.7. The summed E-state index contributed by atoms with van der Waals surface area (Å²) < 4.78 is 5.69. The molecule has 2 aromatic carbocycles. The number of amides is 3. The van der Waals surface area contributed by atoms with Crippen molar-refractivity contribution in [1.82, 2.24) is 15.8 Å². The lowest BCUT2D eigenvalue weighted by atomic mass is 10.1. The third kappa shape index (κ3) is 5.71. The lowest BCUT2D eigenvalue weighted by Crippen LogP contribution is -2.43. The van der Waals surface area contributed by atoms with Crippen molar-refractivity contribution in [3.63, 3.8) is 0 Å². The lowest BCUT2D eigenvalue weighted by Gasteiger charge is -2.14. The van der Waals surface area contributed by atoms with E-state index < -0.39 is 11.8 Å². The van der Waals surface area contributed by atoms with Crippen molar-refractivity contribution < 1.29 is 19.1 Å². The largest absolute Gasteiger partial charge is 0.496 e. The number of hydrogen-bond acceptors (Lipinski definition) is 6. The van der Waals surface area contributed by atoms with Crippen LogP contribution in [0.3, 0.4) is 0 Å². The zero-order chi connectivity index (χ0) is 22.4. The Morgan fingerprint density at radius 2 is 1.84 bits per heavy atom. The van der Waals surface area contributed by atoms with Gasteiger partial charge in [0.1, 0.15) is 10.1 Å². The Balaban J connectivity index is 1.54. The second kappa shape index (κ2) is 10.2. The molecular weight excluding hydrogens is 434 g/mol. The number of rotatable bonds is 6. The molecule has 160 valence electrons. The number of para-hydroxylation sites is 1. The molecule has 0 unspecified atom stereocenters. The third-order valence-corrected chi connectivity index (χ3v) is 5.87. The van der Waals surface area contributed by atoms with Gasteiger partial charge in [-0.1, -0.05) is 59.9 Å². The summed E-state index contributed by atoms with van der Waals surface area (Å²) in [5, 5.41) is 0. The summed E-state index contributed by atoms with van der Waals surface area (Å²) in [6.45, 7) is 2.03. The van der Waals surface area contributed by atoms with E-state index in [1.807, 2.05) is 43.3 Å². The molecule has 7 nitrogen and oxygen atoms in total. The first-order chi connectivity index (χ1) is 14.9. The zero-order valence-electron chi connectivity index (χ0n) is 17.0. The van der Waals surface area contributed by atoms with Crippen molar-refractivity contribution in [2.24, 2.45) is 0 Å². The van der Waals surface area contributed by atoms with Crippen molar-refractivity contribution in [1.29, 1.82) is 0 Å². The third-order valence-electron chi connectivity index (χ3n) is 4.49. The maximum absolute atomic E-state index is 12.7. The molecule has 1 saturated heterocycles. The predicted octanol–water partition coefficient (Wildman–Crippen LogP) is 3.06. The Morgan fingerprint density at radius 3 is 2.55 bits per heavy atom. The Hall–Kier alpha value is -3.17. The van der Waals surface area contributed by atoms with Crippen LogP contribution >= 0.6 is 24.0 Å². The van der Waals surface area contributed by atoms with Crippen LogP contribution in [0.5, 0.6) is 5.75 Å². The highest BCUT2D eigenvalue weighted by Gasteiger charge is 2.32. The van der Waals surface area contributed by atoms with Gasteiger partial charge in [-0.15, -0.1) is 0 Å². The lowest BCUT2D eigenvalue weighted by molar-refractivity contribution is -0.124. The van der Waals surface area contributed by atoms with Gasteiger partial charge in [-0.3, -0.25) is 30.1 Å². The molecule has 3 amide bonds. The van der Waals surface area contributed by atoms with Gasteiger partial charge in [-0.05, 0) is 31.2 Å². The number of hydrazine groups is 1. The Bertz CT molecular complexity index is 1050. The molecule has 3 rings (SSSR count). The number of methoxy groups -OCH3 is 1. The van der Waals surface area contributed by atoms with Crippen molar-refractivity contribution in [3.05, 3.63) is 70.1 Å². The minimum atomic E-state index is -0.428. The smallest absolute Gasteiger partial charge is 0.269 e. The number of nitrogens with one attached hydrogen (secondary N) is 2. The maximum atomic E-state index is 12.7. The van der Waals surface area contributed by atoms with Gasteiger partial charge in [-0.25, -0.2) is 0 Å². The molecule has 1 fully saturated rings. The SMILES string of the molecule is COc1ccccc1C=C1SC(=S)N(CCC(=O)NNC(=O)c2ccc(C)cc2)C1=O. The molecule has 1 aliphatic rings. The fraction of sp³-hybridized carbons (Fsp3) is 0.182. The maximum Gasteiger partial charge on any atom is 0.269 e. The average molecular weight is 456 g/mol. The molecule has 1 aliphatic heterocycles. The first kappa shape index (κ1) is 22.5. The van der Waals surface area contributed by atoms with Crippen molar-refractivity contribution >= 4 is 52.1 Å². The van der Waals surface area contributed by atoms with Gasteiger partial charge in [-0.2, -0.15) is 0 Å². The van der Waals surface area contributed by atoms with Gasteiger partial charge >= 0.3 is 0 Å². The van der Waals surface area contributed by atoms with Gasteiger partial charge in [0.25, 0.3) is 11.8 Å². The first-order valence-electron chi connectivity index (χ1n) is 9.43. The van der Waals surface area contributed by atoms with Gasteiger partial charge in [0.15, 0.2) is 0 Å². The van der Waals surface area contributed by atoms with Crippen molar-refractivity contribution in [2.75, 3.05) is 13.7 Å². The fourth-order valence-electron chi connectivity index (χ4n) is 2.80. The van der Waals surface area contributed by atoms with Gasteiger partial charge in [0.2, 0.25) is 5.91 Å². The van der Waals surface area contributed by atoms with E-state index in [0.717, 1.165) is 11.1 Å². The molecule has 1 heterocycles. The van der Waals surface area contributed by atoms with E-state index in [2.05, 4.69) is 10.9 Å². The van der Waals surface area contributed by atoms with E-state index in [4.69, 9.17) is 17.0 Å². The van der Waals surface area contributed by atoms with Crippen LogP contribution in [0.4, 0.5) is 0 Å². The van der Waals surface area contributed by atoms with E-state index in [9.17, 15) is 14.4 Å². The summed E-state index contributed by atoms with van der Waals surface area (Å²) >= 11 is 6.48. The second-order valence-electron chi connectivity index (χ2n) is 6.69. The van der Waals surface area contributed by atoms with Crippen LogP contribution in [0.2, 0.25) is 0 Å². The van der Waals surface area contributed by atoms with Crippen LogP contribution in [-0.4, -0.2) is 40.6 Å². The highest BCUT2D eigenvalue weighted by Crippen LogP contribution is 2.34. The molecule has 31 heavy (non-hydrogen) atoms. The summed E-state index contributed by atoms with van der Waals surface area (Å²) in [7, 11) is 1.56. The molecule has 0 bridgehead atoms. The summed E-state index contributed by atoms with van der Waals surface area (Å²) in [4.78, 5) is 38.7. The highest BCUT2D eigenvalue weighted by atomic mass is 32.2. The van der Waals surface area contributed by atoms with Crippen molar-refractivity contribution in [2.45, 2.75) is 13.3 Å². The minimum Gasteiger partial charge on any atom is -0.496 e. The predicted molar refractivity (Wildman–Crippen MR) is 124 cm³/mol. The zero-order valence-corrected chi connectivity index (χ0v) is 18.6. The number of nitrogens with zero attached hydrogens (tertiary/aromatic N) is 1. The molecule has 0 saturated carbocycles. The molecule has 9 heteroatoms. The molecule has 0 atom stereocenters. The number of carbonyl (C=O) groups is 3. The minimum absolute atomic E-state index is 0.0114. The molecule has 2 N–H and O–H groups in total. The number of ether oxygens (including phenoxy) is 1. The summed E-state index contributed by atoms with van der Waals surface area (Å²) in [6, 6.07) is 14.3. The number of benzene rings is 2. The Labute approximate surface area is 189 Å². The van der Waals surface area contributed by atoms with Crippen LogP contribution in [0.15, 0.2) is 53.4 Å². The van der Waals surface area contributed by atoms with Gasteiger partial charge in [0.05, 0.1) is 12.0 Å². The Morgan fingerprint density at radius 1 is 1.13 bits per heavy atom. The highest BCUT2D eigenvalue weighted by molar-refractivity contribution is 8.26. The van der Waals surface area contributed by atoms with E-state index >= 15 is 0 Å². The van der Waals surface area contributed by atoms with Crippen LogP contribution in [0.1, 0.15) is 27.9 Å². The number of carbonyl (C=O) groups excluding carboxylic acids is 3. The second-order valence-corrected chi connectivity index (χ2v) is 8.37. The van der Waals surface area contributed by atoms with Crippen LogP contribution < -0.4 is 15.6 Å². The van der Waals surface area contributed by atoms with Crippen molar-refractivity contribution in [3.8, 4) is 5.75 Å². The quantitative estimate of drug-likeness (QED) is 0.396. The number of thioether (sulfide) groups is 1. The number of aryl methyl sites for hydroxylation is 1. The summed E-state index contributed by atoms with van der Waals surface area (Å²) in [5.74, 6) is -0.462. The molecule has 0 aliphatic carbocycles.